The molecule has 0 spiro atoms. The second kappa shape index (κ2) is 5.80. The van der Waals surface area contributed by atoms with Crippen molar-refractivity contribution in [1.82, 2.24) is 9.55 Å². The highest BCUT2D eigenvalue weighted by molar-refractivity contribution is 5.25. The van der Waals surface area contributed by atoms with E-state index in [-0.39, 0.29) is 17.7 Å². The molecule has 1 atom stereocenters. The molecule has 0 saturated carbocycles. The van der Waals surface area contributed by atoms with Crippen LogP contribution in [-0.2, 0) is 17.9 Å². The first-order chi connectivity index (χ1) is 10.2. The first-order valence-electron chi connectivity index (χ1n) is 6.34. The lowest BCUT2D eigenvalue weighted by molar-refractivity contribution is -0.0201. The van der Waals surface area contributed by atoms with Crippen molar-refractivity contribution < 1.29 is 19.4 Å². The Morgan fingerprint density at radius 3 is 3.00 bits per heavy atom. The van der Waals surface area contributed by atoms with Gasteiger partial charge < -0.3 is 19.4 Å². The maximum atomic E-state index is 10.0. The van der Waals surface area contributed by atoms with Gasteiger partial charge in [-0.05, 0) is 17.7 Å². The number of nitrogens with zero attached hydrogens (tertiary/aromatic N) is 3. The zero-order valence-corrected chi connectivity index (χ0v) is 11.0. The molecule has 8 nitrogen and oxygen atoms in total. The molecule has 21 heavy (non-hydrogen) atoms. The number of hydrogen-bond donors (Lipinski definition) is 1. The number of rotatable bonds is 5. The van der Waals surface area contributed by atoms with Crippen LogP contribution < -0.4 is 9.57 Å². The highest BCUT2D eigenvalue weighted by atomic mass is 16.7. The number of phenolic OH excluding ortho intramolecular Hbond substituents is 1. The molecule has 3 rings (SSSR count). The fourth-order valence-electron chi connectivity index (χ4n) is 2.05. The number of ether oxygens (including phenoxy) is 2. The van der Waals surface area contributed by atoms with Gasteiger partial charge in [-0.3, -0.25) is 4.57 Å². The minimum Gasteiger partial charge on any atom is -0.508 e. The summed E-state index contributed by atoms with van der Waals surface area (Å²) in [7, 11) is 0. The third-order valence-corrected chi connectivity index (χ3v) is 3.07. The monoisotopic (exact) mass is 291 g/mol. The molecule has 0 saturated heterocycles. The molecule has 0 fully saturated rings. The van der Waals surface area contributed by atoms with Gasteiger partial charge in [-0.25, -0.2) is 0 Å². The number of phenols is 1. The maximum Gasteiger partial charge on any atom is 0.300 e. The zero-order valence-electron chi connectivity index (χ0n) is 11.0. The number of hydrogen-bond acceptors (Lipinski definition) is 7. The predicted octanol–water partition coefficient (Wildman–Crippen LogP) is 1.63. The van der Waals surface area contributed by atoms with Gasteiger partial charge in [0.05, 0.1) is 19.3 Å². The van der Waals surface area contributed by atoms with Gasteiger partial charge in [0, 0.05) is 0 Å². The van der Waals surface area contributed by atoms with E-state index in [4.69, 9.17) is 9.47 Å². The van der Waals surface area contributed by atoms with E-state index in [1.165, 1.54) is 6.20 Å². The molecule has 2 aromatic rings. The average molecular weight is 291 g/mol. The Labute approximate surface area is 119 Å². The summed E-state index contributed by atoms with van der Waals surface area (Å²) >= 11 is 0. The fraction of sp³-hybridized carbons (Fsp3) is 0.308. The van der Waals surface area contributed by atoms with Crippen LogP contribution in [0.25, 0.3) is 0 Å². The second-order valence-electron chi connectivity index (χ2n) is 4.59. The van der Waals surface area contributed by atoms with Gasteiger partial charge in [0.1, 0.15) is 18.5 Å². The first kappa shape index (κ1) is 13.4. The van der Waals surface area contributed by atoms with Gasteiger partial charge in [0.2, 0.25) is 0 Å². The Hall–Kier alpha value is -2.61. The van der Waals surface area contributed by atoms with Crippen LogP contribution >= 0.6 is 0 Å². The summed E-state index contributed by atoms with van der Waals surface area (Å²) in [4.78, 5) is 18.4. The molecular formula is C13H13N3O5. The van der Waals surface area contributed by atoms with Crippen molar-refractivity contribution in [3.63, 3.8) is 0 Å². The molecule has 110 valence electrons. The normalized spacial score (nSPS) is 16.9. The lowest BCUT2D eigenvalue weighted by Gasteiger charge is -2.24. The smallest absolute Gasteiger partial charge is 0.300 e. The van der Waals surface area contributed by atoms with E-state index in [1.807, 2.05) is 0 Å². The van der Waals surface area contributed by atoms with Crippen molar-refractivity contribution in [2.75, 3.05) is 6.61 Å². The van der Waals surface area contributed by atoms with Crippen LogP contribution in [0.15, 0.2) is 35.8 Å². The van der Waals surface area contributed by atoms with E-state index in [0.29, 0.717) is 25.8 Å². The van der Waals surface area contributed by atoms with Crippen LogP contribution in [-0.4, -0.2) is 27.4 Å². The van der Waals surface area contributed by atoms with Crippen molar-refractivity contribution in [3.05, 3.63) is 40.9 Å². The third-order valence-electron chi connectivity index (χ3n) is 3.07. The van der Waals surface area contributed by atoms with Gasteiger partial charge >= 0.3 is 0 Å². The van der Waals surface area contributed by atoms with Crippen LogP contribution in [0.4, 0.5) is 0 Å². The van der Waals surface area contributed by atoms with E-state index < -0.39 is 0 Å². The number of benzene rings is 1. The molecule has 0 bridgehead atoms. The highest BCUT2D eigenvalue weighted by Crippen LogP contribution is 2.23. The van der Waals surface area contributed by atoms with E-state index >= 15 is 0 Å². The largest absolute Gasteiger partial charge is 0.508 e. The molecular weight excluding hydrogens is 278 g/mol. The van der Waals surface area contributed by atoms with Crippen molar-refractivity contribution in [1.29, 1.82) is 0 Å². The van der Waals surface area contributed by atoms with Gasteiger partial charge in [-0.15, -0.1) is 4.91 Å². The third kappa shape index (κ3) is 3.11. The number of imidazole rings is 1. The average Bonchev–Trinajstić information content (AvgIpc) is 2.88. The van der Waals surface area contributed by atoms with Crippen LogP contribution in [0, 0.1) is 4.91 Å². The SMILES string of the molecule is O=NOc1cn2c(n1)OC[C@H](OCc1ccc(O)cc1)C2. The van der Waals surface area contributed by atoms with E-state index in [2.05, 4.69) is 15.2 Å². The summed E-state index contributed by atoms with van der Waals surface area (Å²) in [6, 6.07) is 7.19. The summed E-state index contributed by atoms with van der Waals surface area (Å²) in [6.07, 6.45) is 1.39. The number of fused-ring (bicyclic) bond motifs is 1. The van der Waals surface area contributed by atoms with Crippen molar-refractivity contribution in [3.8, 4) is 17.6 Å². The minimum atomic E-state index is -0.141. The molecule has 1 N–H and O–H groups in total. The van der Waals surface area contributed by atoms with Gasteiger partial charge in [0.15, 0.2) is 5.34 Å². The van der Waals surface area contributed by atoms with Gasteiger partial charge in [-0.1, -0.05) is 12.1 Å². The lowest BCUT2D eigenvalue weighted by Crippen LogP contribution is -2.32. The Morgan fingerprint density at radius 1 is 1.43 bits per heavy atom. The summed E-state index contributed by atoms with van der Waals surface area (Å²) in [5, 5.41) is 11.5. The Kier molecular flexibility index (Phi) is 3.69. The quantitative estimate of drug-likeness (QED) is 0.664. The van der Waals surface area contributed by atoms with E-state index in [1.54, 1.807) is 28.8 Å². The topological polar surface area (TPSA) is 95.2 Å². The minimum absolute atomic E-state index is 0.0965. The fourth-order valence-corrected chi connectivity index (χ4v) is 2.05. The molecule has 2 heterocycles. The zero-order chi connectivity index (χ0) is 14.7. The summed E-state index contributed by atoms with van der Waals surface area (Å²) < 4.78 is 12.9. The molecule has 0 aliphatic carbocycles. The first-order valence-corrected chi connectivity index (χ1v) is 6.34. The van der Waals surface area contributed by atoms with Gasteiger partial charge in [0.25, 0.3) is 11.9 Å². The van der Waals surface area contributed by atoms with Crippen LogP contribution in [0.2, 0.25) is 0 Å². The van der Waals surface area contributed by atoms with E-state index in [0.717, 1.165) is 5.56 Å². The van der Waals surface area contributed by atoms with Crippen molar-refractivity contribution in [2.24, 2.45) is 5.34 Å². The van der Waals surface area contributed by atoms with Crippen molar-refractivity contribution in [2.45, 2.75) is 19.3 Å². The Balaban J connectivity index is 1.58. The molecule has 1 aromatic carbocycles. The number of aromatic nitrogens is 2. The van der Waals surface area contributed by atoms with Crippen LogP contribution in [0.5, 0.6) is 17.6 Å². The summed E-state index contributed by atoms with van der Waals surface area (Å²) in [5.41, 5.74) is 0.957. The molecule has 0 radical (unpaired) electrons. The standard InChI is InChI=1S/C13H13N3O5/c17-10-3-1-9(2-4-10)7-19-11-5-16-6-12(21-15-18)14-13(16)20-8-11/h1-4,6,11,17H,5,7-8H2/t11-/m1/s1. The molecule has 0 amide bonds. The van der Waals surface area contributed by atoms with Crippen LogP contribution in [0.3, 0.4) is 0 Å². The molecule has 1 aliphatic rings. The second-order valence-corrected chi connectivity index (χ2v) is 4.59. The Bertz CT molecular complexity index is 625. The summed E-state index contributed by atoms with van der Waals surface area (Å²) in [6.45, 7) is 1.32. The maximum absolute atomic E-state index is 10.0. The molecule has 0 unspecified atom stereocenters. The molecule has 1 aliphatic heterocycles. The summed E-state index contributed by atoms with van der Waals surface area (Å²) in [5.74, 6) is 0.318. The lowest BCUT2D eigenvalue weighted by atomic mass is 10.2. The predicted molar refractivity (Wildman–Crippen MR) is 70.8 cm³/mol. The van der Waals surface area contributed by atoms with Crippen LogP contribution in [0.1, 0.15) is 5.56 Å². The number of aromatic hydroxyl groups is 1. The van der Waals surface area contributed by atoms with Crippen molar-refractivity contribution >= 4 is 0 Å². The van der Waals surface area contributed by atoms with Gasteiger partial charge in [-0.2, -0.15) is 4.98 Å². The molecule has 1 aromatic heterocycles. The Morgan fingerprint density at radius 2 is 2.24 bits per heavy atom. The molecule has 8 heteroatoms. The highest BCUT2D eigenvalue weighted by Gasteiger charge is 2.23. The van der Waals surface area contributed by atoms with E-state index in [9.17, 15) is 10.0 Å².